The number of benzodiazepines with no additional fused rings is 1. The topological polar surface area (TPSA) is 89.0 Å². The maximum absolute atomic E-state index is 14.0. The summed E-state index contributed by atoms with van der Waals surface area (Å²) in [5.74, 6) is -1.85. The van der Waals surface area contributed by atoms with E-state index in [4.69, 9.17) is 32.7 Å². The van der Waals surface area contributed by atoms with Crippen molar-refractivity contribution < 1.29 is 23.5 Å². The zero-order valence-electron chi connectivity index (χ0n) is 18.5. The molecule has 1 heterocycles. The van der Waals surface area contributed by atoms with Crippen molar-refractivity contribution in [3.05, 3.63) is 93.2 Å². The van der Waals surface area contributed by atoms with E-state index in [0.29, 0.717) is 32.6 Å². The van der Waals surface area contributed by atoms with E-state index in [1.807, 2.05) is 0 Å². The van der Waals surface area contributed by atoms with Crippen LogP contribution >= 0.6 is 23.2 Å². The maximum Gasteiger partial charge on any atom is 0.269 e. The van der Waals surface area contributed by atoms with Gasteiger partial charge in [-0.3, -0.25) is 9.59 Å². The Kier molecular flexibility index (Phi) is 7.65. The number of fused-ring (bicyclic) bond motifs is 1. The Labute approximate surface area is 210 Å². The third-order valence-corrected chi connectivity index (χ3v) is 5.78. The number of anilines is 1. The molecule has 35 heavy (non-hydrogen) atoms. The normalized spacial score (nSPS) is 14.9. The number of hydrogen-bond acceptors (Lipinski definition) is 5. The summed E-state index contributed by atoms with van der Waals surface area (Å²) in [4.78, 5) is 30.7. The van der Waals surface area contributed by atoms with E-state index >= 15 is 0 Å². The second-order valence-electron chi connectivity index (χ2n) is 7.47. The number of nitrogens with one attached hydrogen (secondary N) is 2. The molecular weight excluding hydrogens is 496 g/mol. The van der Waals surface area contributed by atoms with Gasteiger partial charge in [0.05, 0.1) is 33.6 Å². The summed E-state index contributed by atoms with van der Waals surface area (Å²) in [6, 6.07) is 15.5. The van der Waals surface area contributed by atoms with E-state index in [9.17, 15) is 14.0 Å². The second kappa shape index (κ2) is 10.9. The maximum atomic E-state index is 14.0. The molecule has 4 rings (SSSR count). The van der Waals surface area contributed by atoms with Gasteiger partial charge in [-0.2, -0.15) is 0 Å². The lowest BCUT2D eigenvalue weighted by Gasteiger charge is -2.16. The van der Waals surface area contributed by atoms with Gasteiger partial charge in [0.15, 0.2) is 0 Å². The average Bonchev–Trinajstić information content (AvgIpc) is 2.96. The zero-order valence-corrected chi connectivity index (χ0v) is 20.0. The molecule has 0 spiro atoms. The molecule has 180 valence electrons. The predicted octanol–water partition coefficient (Wildman–Crippen LogP) is 4.70. The van der Waals surface area contributed by atoms with Gasteiger partial charge in [0.2, 0.25) is 6.17 Å². The fourth-order valence-corrected chi connectivity index (χ4v) is 4.10. The molecule has 1 aliphatic rings. The van der Waals surface area contributed by atoms with Crippen molar-refractivity contribution in [2.75, 3.05) is 25.6 Å². The molecule has 2 amide bonds. The van der Waals surface area contributed by atoms with Crippen LogP contribution in [0.1, 0.15) is 21.5 Å². The second-order valence-corrected chi connectivity index (χ2v) is 8.28. The van der Waals surface area contributed by atoms with Crippen LogP contribution in [0.15, 0.2) is 65.7 Å². The summed E-state index contributed by atoms with van der Waals surface area (Å²) in [5, 5.41) is 5.96. The van der Waals surface area contributed by atoms with Crippen LogP contribution in [-0.4, -0.2) is 44.0 Å². The molecule has 0 saturated carbocycles. The molecular formula is C25H20Cl2FN3O4. The number of ether oxygens (including phenoxy) is 2. The van der Waals surface area contributed by atoms with Crippen LogP contribution in [0.3, 0.4) is 0 Å². The summed E-state index contributed by atoms with van der Waals surface area (Å²) >= 11 is 12.9. The summed E-state index contributed by atoms with van der Waals surface area (Å²) < 4.78 is 24.5. The van der Waals surface area contributed by atoms with Gasteiger partial charge in [0.1, 0.15) is 18.2 Å². The van der Waals surface area contributed by atoms with Crippen LogP contribution in [0.5, 0.6) is 5.75 Å². The van der Waals surface area contributed by atoms with Gasteiger partial charge in [0, 0.05) is 18.2 Å². The number of benzene rings is 3. The average molecular weight is 516 g/mol. The van der Waals surface area contributed by atoms with E-state index in [2.05, 4.69) is 15.6 Å². The third kappa shape index (κ3) is 5.45. The Morgan fingerprint density at radius 3 is 2.57 bits per heavy atom. The van der Waals surface area contributed by atoms with Crippen molar-refractivity contribution in [3.63, 3.8) is 0 Å². The first-order valence-electron chi connectivity index (χ1n) is 10.5. The number of nitrogens with zero attached hydrogens (tertiary/aromatic N) is 1. The number of amides is 2. The minimum absolute atomic E-state index is 0.0943. The van der Waals surface area contributed by atoms with Gasteiger partial charge < -0.3 is 20.1 Å². The van der Waals surface area contributed by atoms with Gasteiger partial charge in [-0.15, -0.1) is 0 Å². The predicted molar refractivity (Wildman–Crippen MR) is 132 cm³/mol. The minimum atomic E-state index is -1.37. The number of para-hydroxylation sites is 1. The summed E-state index contributed by atoms with van der Waals surface area (Å²) in [7, 11) is 1.51. The SMILES string of the molecule is COCCOc1ccc(F)cc1C(=O)NC1N=C(c2c(Cl)cccc2Cl)c2ccccc2NC1=O. The smallest absolute Gasteiger partial charge is 0.269 e. The zero-order chi connectivity index (χ0) is 24.9. The Balaban J connectivity index is 1.74. The highest BCUT2D eigenvalue weighted by molar-refractivity contribution is 6.42. The molecule has 3 aromatic carbocycles. The van der Waals surface area contributed by atoms with Gasteiger partial charge in [-0.05, 0) is 36.4 Å². The number of aliphatic imine (C=N–C) groups is 1. The van der Waals surface area contributed by atoms with Gasteiger partial charge in [-0.1, -0.05) is 47.5 Å². The summed E-state index contributed by atoms with van der Waals surface area (Å²) in [6.07, 6.45) is -1.37. The van der Waals surface area contributed by atoms with Gasteiger partial charge in [-0.25, -0.2) is 9.38 Å². The van der Waals surface area contributed by atoms with Crippen molar-refractivity contribution in [2.45, 2.75) is 6.17 Å². The standard InChI is InChI=1S/C25H20Cl2FN3O4/c1-34-11-12-35-20-10-9-14(28)13-16(20)24(32)31-23-25(33)29-19-8-3-2-5-15(19)22(30-23)21-17(26)6-4-7-18(21)27/h2-10,13,23H,11-12H2,1H3,(H,29,33)(H,31,32). The van der Waals surface area contributed by atoms with E-state index in [1.54, 1.807) is 42.5 Å². The molecule has 1 unspecified atom stereocenters. The van der Waals surface area contributed by atoms with Gasteiger partial charge in [0.25, 0.3) is 11.8 Å². The summed E-state index contributed by atoms with van der Waals surface area (Å²) in [5.41, 5.74) is 1.67. The number of carbonyl (C=O) groups excluding carboxylic acids is 2. The van der Waals surface area contributed by atoms with Crippen molar-refractivity contribution in [3.8, 4) is 5.75 Å². The first-order valence-corrected chi connectivity index (χ1v) is 11.3. The molecule has 0 radical (unpaired) electrons. The molecule has 7 nitrogen and oxygen atoms in total. The van der Waals surface area contributed by atoms with E-state index in [1.165, 1.54) is 19.2 Å². The molecule has 0 saturated heterocycles. The number of rotatable bonds is 7. The third-order valence-electron chi connectivity index (χ3n) is 5.15. The van der Waals surface area contributed by atoms with Crippen LogP contribution in [0, 0.1) is 5.82 Å². The Morgan fingerprint density at radius 2 is 1.83 bits per heavy atom. The number of halogens is 3. The van der Waals surface area contributed by atoms with Gasteiger partial charge >= 0.3 is 0 Å². The summed E-state index contributed by atoms with van der Waals surface area (Å²) in [6.45, 7) is 0.420. The first kappa shape index (κ1) is 24.7. The molecule has 10 heteroatoms. The number of methoxy groups -OCH3 is 1. The highest BCUT2D eigenvalue weighted by Crippen LogP contribution is 2.32. The van der Waals surface area contributed by atoms with Crippen molar-refractivity contribution in [1.29, 1.82) is 0 Å². The van der Waals surface area contributed by atoms with Crippen LogP contribution in [0.2, 0.25) is 10.0 Å². The van der Waals surface area contributed by atoms with Crippen molar-refractivity contribution in [2.24, 2.45) is 4.99 Å². The highest BCUT2D eigenvalue weighted by Gasteiger charge is 2.29. The largest absolute Gasteiger partial charge is 0.490 e. The van der Waals surface area contributed by atoms with Crippen LogP contribution in [0.4, 0.5) is 10.1 Å². The molecule has 2 N–H and O–H groups in total. The molecule has 0 bridgehead atoms. The first-order chi connectivity index (χ1) is 16.9. The van der Waals surface area contributed by atoms with E-state index in [-0.39, 0.29) is 24.5 Å². The molecule has 1 aliphatic heterocycles. The van der Waals surface area contributed by atoms with Crippen LogP contribution in [0.25, 0.3) is 0 Å². The molecule has 0 fully saturated rings. The fourth-order valence-electron chi connectivity index (χ4n) is 3.52. The molecule has 0 aliphatic carbocycles. The number of hydrogen-bond donors (Lipinski definition) is 2. The fraction of sp³-hybridized carbons (Fsp3) is 0.160. The van der Waals surface area contributed by atoms with E-state index < -0.39 is 23.8 Å². The molecule has 3 aromatic rings. The number of carbonyl (C=O) groups is 2. The molecule has 1 atom stereocenters. The Bertz CT molecular complexity index is 1300. The quantitative estimate of drug-likeness (QED) is 0.446. The highest BCUT2D eigenvalue weighted by atomic mass is 35.5. The van der Waals surface area contributed by atoms with Crippen LogP contribution < -0.4 is 15.4 Å². The lowest BCUT2D eigenvalue weighted by Crippen LogP contribution is -2.42. The van der Waals surface area contributed by atoms with Crippen molar-refractivity contribution >= 4 is 46.4 Å². The minimum Gasteiger partial charge on any atom is -0.490 e. The van der Waals surface area contributed by atoms with Crippen molar-refractivity contribution in [1.82, 2.24) is 5.32 Å². The Hall–Kier alpha value is -3.46. The monoisotopic (exact) mass is 515 g/mol. The Morgan fingerprint density at radius 1 is 1.09 bits per heavy atom. The lowest BCUT2D eigenvalue weighted by molar-refractivity contribution is -0.117. The van der Waals surface area contributed by atoms with Crippen LogP contribution in [-0.2, 0) is 9.53 Å². The lowest BCUT2D eigenvalue weighted by atomic mass is 10.0. The van der Waals surface area contributed by atoms with E-state index in [0.717, 1.165) is 6.07 Å². The molecule has 0 aromatic heterocycles.